The normalized spacial score (nSPS) is 11.7. The second-order valence-corrected chi connectivity index (χ2v) is 8.40. The molecular weight excluding hydrogens is 502 g/mol. The largest absolute Gasteiger partial charge is 0.488 e. The summed E-state index contributed by atoms with van der Waals surface area (Å²) in [6.45, 7) is 2.18. The van der Waals surface area contributed by atoms with Gasteiger partial charge in [-0.15, -0.1) is 0 Å². The zero-order valence-corrected chi connectivity index (χ0v) is 21.1. The number of anilines is 2. The third-order valence-corrected chi connectivity index (χ3v) is 5.55. The molecule has 1 aromatic heterocycles. The van der Waals surface area contributed by atoms with Crippen molar-refractivity contribution in [3.63, 3.8) is 0 Å². The number of amides is 1. The highest BCUT2D eigenvalue weighted by Crippen LogP contribution is 2.19. The molecule has 3 rings (SSSR count). The van der Waals surface area contributed by atoms with Gasteiger partial charge < -0.3 is 36.9 Å². The van der Waals surface area contributed by atoms with Gasteiger partial charge in [-0.05, 0) is 54.2 Å². The molecule has 0 aliphatic rings. The highest BCUT2D eigenvalue weighted by molar-refractivity contribution is 6.58. The van der Waals surface area contributed by atoms with Crippen LogP contribution in [0.15, 0.2) is 73.1 Å². The number of carbonyl (C=O) groups excluding carboxylic acids is 1. The van der Waals surface area contributed by atoms with Gasteiger partial charge >= 0.3 is 14.2 Å². The molecule has 13 N–H and O–H groups in total. The summed E-state index contributed by atoms with van der Waals surface area (Å²) in [5.41, 5.74) is 15.1. The minimum absolute atomic E-state index is 0.117. The lowest BCUT2D eigenvalue weighted by molar-refractivity contribution is 0.0955. The minimum Gasteiger partial charge on any atom is -0.423 e. The number of aromatic nitrogens is 1. The Kier molecular flexibility index (Phi) is 9.68. The van der Waals surface area contributed by atoms with Gasteiger partial charge in [-0.3, -0.25) is 14.8 Å². The van der Waals surface area contributed by atoms with Crippen molar-refractivity contribution in [2.45, 2.75) is 6.92 Å². The Morgan fingerprint density at radius 3 is 1.54 bits per heavy atom. The van der Waals surface area contributed by atoms with Gasteiger partial charge in [0.1, 0.15) is 0 Å². The maximum atomic E-state index is 12.6. The summed E-state index contributed by atoms with van der Waals surface area (Å²) in [6.07, 6.45) is 2.79. The molecule has 0 spiro atoms. The number of hydrogen-bond donors (Lipinski definition) is 9. The Bertz CT molecular complexity index is 1260. The molecule has 13 nitrogen and oxygen atoms in total. The van der Waals surface area contributed by atoms with Crippen molar-refractivity contribution >= 4 is 53.8 Å². The first-order chi connectivity index (χ1) is 18.5. The summed E-state index contributed by atoms with van der Waals surface area (Å²) in [6, 6.07) is 15.3. The number of rotatable bonds is 10. The first-order valence-electron chi connectivity index (χ1n) is 11.8. The molecule has 0 fully saturated rings. The summed E-state index contributed by atoms with van der Waals surface area (Å²) < 4.78 is 0. The van der Waals surface area contributed by atoms with E-state index in [2.05, 4.69) is 10.3 Å². The molecule has 1 amide bonds. The fourth-order valence-electron chi connectivity index (χ4n) is 3.44. The summed E-state index contributed by atoms with van der Waals surface area (Å²) in [4.78, 5) is 17.1. The van der Waals surface area contributed by atoms with E-state index in [1.165, 1.54) is 58.8 Å². The molecule has 0 saturated carbocycles. The van der Waals surface area contributed by atoms with Crippen LogP contribution in [-0.4, -0.2) is 51.8 Å². The standard InChI is InChI=1S/C24H30B2N8O5/c1-2-31-24(35)15-11-22(20(27)13-33(29)18-7-3-16(4-8-18)25(36)37)32-23(12-15)21(28)14-34(30)19-9-5-17(6-10-19)26(38)39/h3-14,36-39H,2,27-30H2,1H3,(H,31,35)/b20-13-,21-14-. The molecule has 0 saturated heterocycles. The second kappa shape index (κ2) is 12.9. The van der Waals surface area contributed by atoms with Gasteiger partial charge in [0.2, 0.25) is 0 Å². The van der Waals surface area contributed by atoms with Crippen LogP contribution < -0.4 is 49.4 Å². The lowest BCUT2D eigenvalue weighted by Gasteiger charge is -2.17. The smallest absolute Gasteiger partial charge is 0.423 e. The topological polar surface area (TPSA) is 233 Å². The highest BCUT2D eigenvalue weighted by atomic mass is 16.4. The van der Waals surface area contributed by atoms with Crippen molar-refractivity contribution < 1.29 is 24.9 Å². The number of nitrogens with zero attached hydrogens (tertiary/aromatic N) is 3. The van der Waals surface area contributed by atoms with E-state index in [4.69, 9.17) is 23.2 Å². The van der Waals surface area contributed by atoms with Gasteiger partial charge in [-0.2, -0.15) is 0 Å². The first kappa shape index (κ1) is 29.2. The average molecular weight is 532 g/mol. The Hall–Kier alpha value is -4.37. The van der Waals surface area contributed by atoms with Crippen LogP contribution in [0, 0.1) is 0 Å². The molecular formula is C24H30B2N8O5. The van der Waals surface area contributed by atoms with Crippen LogP contribution in [-0.2, 0) is 0 Å². The average Bonchev–Trinajstić information content (AvgIpc) is 2.92. The van der Waals surface area contributed by atoms with Crippen LogP contribution in [0.2, 0.25) is 0 Å². The molecule has 0 unspecified atom stereocenters. The number of benzene rings is 2. The monoisotopic (exact) mass is 532 g/mol. The minimum atomic E-state index is -1.61. The van der Waals surface area contributed by atoms with Crippen molar-refractivity contribution in [3.05, 3.63) is 90.0 Å². The number of pyridine rings is 1. The third-order valence-electron chi connectivity index (χ3n) is 5.55. The van der Waals surface area contributed by atoms with E-state index in [-0.39, 0.29) is 34.3 Å². The molecule has 0 aliphatic carbocycles. The van der Waals surface area contributed by atoms with Crippen LogP contribution in [0.25, 0.3) is 11.4 Å². The Morgan fingerprint density at radius 2 is 1.21 bits per heavy atom. The maximum Gasteiger partial charge on any atom is 0.488 e. The van der Waals surface area contributed by atoms with Crippen LogP contribution in [0.3, 0.4) is 0 Å². The van der Waals surface area contributed by atoms with E-state index >= 15 is 0 Å². The number of nitrogens with two attached hydrogens (primary N) is 4. The van der Waals surface area contributed by atoms with E-state index in [0.29, 0.717) is 28.8 Å². The van der Waals surface area contributed by atoms with Crippen molar-refractivity contribution in [1.29, 1.82) is 0 Å². The van der Waals surface area contributed by atoms with Gasteiger partial charge in [0.25, 0.3) is 5.91 Å². The highest BCUT2D eigenvalue weighted by Gasteiger charge is 2.15. The van der Waals surface area contributed by atoms with Crippen molar-refractivity contribution in [2.24, 2.45) is 23.2 Å². The van der Waals surface area contributed by atoms with Gasteiger partial charge in [0.05, 0.1) is 34.2 Å². The predicted octanol–water partition coefficient (Wildman–Crippen LogP) is -2.53. The van der Waals surface area contributed by atoms with Gasteiger partial charge in [0, 0.05) is 24.5 Å². The van der Waals surface area contributed by atoms with Crippen LogP contribution in [0.4, 0.5) is 11.4 Å². The van der Waals surface area contributed by atoms with Crippen LogP contribution >= 0.6 is 0 Å². The first-order valence-corrected chi connectivity index (χ1v) is 11.8. The Balaban J connectivity index is 1.95. The van der Waals surface area contributed by atoms with Crippen molar-refractivity contribution in [2.75, 3.05) is 16.6 Å². The Labute approximate surface area is 225 Å². The summed E-state index contributed by atoms with van der Waals surface area (Å²) >= 11 is 0. The zero-order chi connectivity index (χ0) is 28.7. The van der Waals surface area contributed by atoms with E-state index in [9.17, 15) is 24.9 Å². The molecule has 0 aliphatic heterocycles. The van der Waals surface area contributed by atoms with E-state index in [0.717, 1.165) is 0 Å². The quantitative estimate of drug-likeness (QED) is 0.0747. The molecule has 0 atom stereocenters. The Morgan fingerprint density at radius 1 is 0.821 bits per heavy atom. The van der Waals surface area contributed by atoms with Crippen LogP contribution in [0.5, 0.6) is 0 Å². The number of hydrazine groups is 2. The maximum absolute atomic E-state index is 12.6. The summed E-state index contributed by atoms with van der Waals surface area (Å²) in [5, 5.41) is 42.2. The zero-order valence-electron chi connectivity index (χ0n) is 21.1. The van der Waals surface area contributed by atoms with Gasteiger partial charge in [-0.1, -0.05) is 24.3 Å². The molecule has 2 aromatic carbocycles. The lowest BCUT2D eigenvalue weighted by atomic mass is 9.80. The summed E-state index contributed by atoms with van der Waals surface area (Å²) in [5.74, 6) is 11.9. The SMILES string of the molecule is CCNC(=O)c1cc(/C(N)=C/N(N)c2ccc(B(O)O)cc2)nc(/C(N)=C/N(N)c2ccc(B(O)O)cc2)c1. The molecule has 202 valence electrons. The number of carbonyl (C=O) groups is 1. The number of hydrogen-bond acceptors (Lipinski definition) is 12. The van der Waals surface area contributed by atoms with Crippen molar-refractivity contribution in [1.82, 2.24) is 10.3 Å². The fourth-order valence-corrected chi connectivity index (χ4v) is 3.44. The lowest BCUT2D eigenvalue weighted by Crippen LogP contribution is -2.31. The molecule has 15 heteroatoms. The molecule has 3 aromatic rings. The van der Waals surface area contributed by atoms with E-state index < -0.39 is 14.2 Å². The fraction of sp³-hybridized carbons (Fsp3) is 0.0833. The molecule has 0 bridgehead atoms. The predicted molar refractivity (Wildman–Crippen MR) is 152 cm³/mol. The molecule has 0 radical (unpaired) electrons. The van der Waals surface area contributed by atoms with Crippen LogP contribution in [0.1, 0.15) is 28.7 Å². The van der Waals surface area contributed by atoms with Gasteiger partial charge in [-0.25, -0.2) is 16.7 Å². The molecule has 39 heavy (non-hydrogen) atoms. The third kappa shape index (κ3) is 7.58. The van der Waals surface area contributed by atoms with E-state index in [1.807, 2.05) is 0 Å². The second-order valence-electron chi connectivity index (χ2n) is 8.40. The molecule has 1 heterocycles. The summed E-state index contributed by atoms with van der Waals surface area (Å²) in [7, 11) is -3.22. The number of nitrogens with one attached hydrogen (secondary N) is 1. The van der Waals surface area contributed by atoms with Gasteiger partial charge in [0.15, 0.2) is 0 Å². The van der Waals surface area contributed by atoms with Crippen molar-refractivity contribution in [3.8, 4) is 0 Å². The van der Waals surface area contributed by atoms with E-state index in [1.54, 1.807) is 31.2 Å².